The Bertz CT molecular complexity index is 2140. The van der Waals surface area contributed by atoms with Crippen LogP contribution in [0.4, 0.5) is 17.6 Å². The number of oxazole rings is 1. The molecule has 2 atom stereocenters. The van der Waals surface area contributed by atoms with E-state index < -0.39 is 31.0 Å². The molecule has 1 unspecified atom stereocenters. The number of aliphatic carboxylic acids is 1. The molecule has 2 aliphatic heterocycles. The Morgan fingerprint density at radius 3 is 2.30 bits per heavy atom. The van der Waals surface area contributed by atoms with Gasteiger partial charge in [-0.2, -0.15) is 8.78 Å². The van der Waals surface area contributed by atoms with Crippen LogP contribution in [0.5, 0.6) is 11.6 Å². The minimum absolute atomic E-state index is 0.0844. The van der Waals surface area contributed by atoms with Crippen LogP contribution in [0.1, 0.15) is 41.5 Å². The third kappa shape index (κ3) is 7.45. The highest BCUT2D eigenvalue weighted by molar-refractivity contribution is 5.84. The molecule has 3 aromatic carbocycles. The van der Waals surface area contributed by atoms with Crippen LogP contribution in [0.3, 0.4) is 0 Å². The van der Waals surface area contributed by atoms with Gasteiger partial charge >= 0.3 is 12.6 Å². The second-order valence-corrected chi connectivity index (χ2v) is 13.7. The number of methoxy groups -OCH3 is 1. The molecule has 0 saturated carbocycles. The first-order valence-electron chi connectivity index (χ1n) is 17.6. The van der Waals surface area contributed by atoms with E-state index in [0.29, 0.717) is 79.5 Å². The monoisotopic (exact) mass is 732 g/mol. The van der Waals surface area contributed by atoms with E-state index in [2.05, 4.69) is 0 Å². The highest BCUT2D eigenvalue weighted by atomic mass is 19.3. The summed E-state index contributed by atoms with van der Waals surface area (Å²) < 4.78 is 70.1. The second-order valence-electron chi connectivity index (χ2n) is 13.7. The number of nitrogens with zero attached hydrogens (tertiary/aromatic N) is 4. The first-order valence-corrected chi connectivity index (χ1v) is 17.6. The summed E-state index contributed by atoms with van der Waals surface area (Å²) in [5.41, 5.74) is 8.04. The van der Waals surface area contributed by atoms with Crippen molar-refractivity contribution < 1.29 is 41.4 Å². The summed E-state index contributed by atoms with van der Waals surface area (Å²) in [5, 5.41) is 9.65. The van der Waals surface area contributed by atoms with Crippen molar-refractivity contribution in [2.75, 3.05) is 26.7 Å². The van der Waals surface area contributed by atoms with Crippen molar-refractivity contribution >= 4 is 17.1 Å². The third-order valence-electron chi connectivity index (χ3n) is 10.5. The molecule has 5 aromatic rings. The number of aromatic nitrogens is 2. The van der Waals surface area contributed by atoms with Gasteiger partial charge in [0, 0.05) is 53.9 Å². The van der Waals surface area contributed by atoms with Gasteiger partial charge in [0.1, 0.15) is 17.3 Å². The molecule has 2 saturated heterocycles. The fourth-order valence-electron chi connectivity index (χ4n) is 7.69. The molecular formula is C40H40F4N4O5. The Kier molecular flexibility index (Phi) is 10.4. The van der Waals surface area contributed by atoms with Crippen LogP contribution >= 0.6 is 0 Å². The molecule has 53 heavy (non-hydrogen) atoms. The number of rotatable bonds is 12. The molecule has 0 bridgehead atoms. The van der Waals surface area contributed by atoms with Crippen molar-refractivity contribution in [3.63, 3.8) is 0 Å². The van der Waals surface area contributed by atoms with Crippen LogP contribution in [0.15, 0.2) is 65.1 Å². The lowest BCUT2D eigenvalue weighted by Gasteiger charge is -2.22. The lowest BCUT2D eigenvalue weighted by atomic mass is 9.90. The molecule has 0 aliphatic carbocycles. The highest BCUT2D eigenvalue weighted by Crippen LogP contribution is 2.39. The van der Waals surface area contributed by atoms with E-state index >= 15 is 0 Å². The van der Waals surface area contributed by atoms with Crippen molar-refractivity contribution in [3.05, 3.63) is 82.9 Å². The number of alkyl halides is 4. The van der Waals surface area contributed by atoms with E-state index in [4.69, 9.17) is 23.9 Å². The fourth-order valence-corrected chi connectivity index (χ4v) is 7.69. The van der Waals surface area contributed by atoms with Crippen molar-refractivity contribution in [3.8, 4) is 45.5 Å². The van der Waals surface area contributed by atoms with E-state index in [0.717, 1.165) is 33.4 Å². The summed E-state index contributed by atoms with van der Waals surface area (Å²) in [6.07, 6.45) is -0.675. The molecule has 2 aliphatic rings. The predicted molar refractivity (Wildman–Crippen MR) is 191 cm³/mol. The van der Waals surface area contributed by atoms with Gasteiger partial charge in [-0.1, -0.05) is 36.4 Å². The number of likely N-dealkylation sites (tertiary alicyclic amines) is 2. The number of carboxylic acids is 1. The minimum atomic E-state index is -3.08. The second kappa shape index (κ2) is 15.2. The van der Waals surface area contributed by atoms with Crippen molar-refractivity contribution in [1.29, 1.82) is 0 Å². The Morgan fingerprint density at radius 1 is 0.906 bits per heavy atom. The number of hydrogen-bond acceptors (Lipinski definition) is 8. The lowest BCUT2D eigenvalue weighted by molar-refractivity contribution is -0.142. The van der Waals surface area contributed by atoms with Gasteiger partial charge in [0.15, 0.2) is 5.58 Å². The number of carbonyl (C=O) groups is 1. The molecule has 4 heterocycles. The van der Waals surface area contributed by atoms with E-state index in [-0.39, 0.29) is 17.9 Å². The molecule has 0 amide bonds. The van der Waals surface area contributed by atoms with Crippen LogP contribution in [0, 0.1) is 19.8 Å². The van der Waals surface area contributed by atoms with Gasteiger partial charge in [-0.05, 0) is 86.7 Å². The first kappa shape index (κ1) is 36.4. The van der Waals surface area contributed by atoms with Crippen LogP contribution in [0.2, 0.25) is 0 Å². The number of halogens is 4. The number of fused-ring (bicyclic) bond motifs is 1. The first-order chi connectivity index (χ1) is 25.5. The predicted octanol–water partition coefficient (Wildman–Crippen LogP) is 8.59. The molecule has 2 fully saturated rings. The highest BCUT2D eigenvalue weighted by Gasteiger charge is 2.32. The van der Waals surface area contributed by atoms with Gasteiger partial charge in [-0.25, -0.2) is 18.7 Å². The summed E-state index contributed by atoms with van der Waals surface area (Å²) in [4.78, 5) is 25.1. The van der Waals surface area contributed by atoms with Crippen LogP contribution in [-0.4, -0.2) is 76.7 Å². The molecule has 13 heteroatoms. The fraction of sp³-hybridized carbons (Fsp3) is 0.375. The number of carboxylic acid groups (broad SMARTS) is 1. The van der Waals surface area contributed by atoms with E-state index in [1.807, 2.05) is 67.3 Å². The maximum absolute atomic E-state index is 13.5. The molecule has 1 N–H and O–H groups in total. The molecule has 0 spiro atoms. The Balaban J connectivity index is 1.19. The molecule has 2 aromatic heterocycles. The molecule has 7 rings (SSSR count). The number of benzene rings is 3. The number of pyridine rings is 1. The standard InChI is InChI=1S/C40H40F4N4O5/c1-22-27(7-4-9-29(22)31-13-12-25(37(45-31)51-3)20-47-16-14-24(19-47)36(41)42)28-8-5-10-30(23(28)2)38-46-32-17-26(21-48-15-6-11-33(48)39(49)50)34(53-40(43)44)18-35(32)52-38/h4-5,7-10,12-13,17-18,24,33,36,40H,6,11,14-16,19-21H2,1-3H3,(H,49,50)/t24?,33-/m0/s1. The van der Waals surface area contributed by atoms with Gasteiger partial charge < -0.3 is 19.0 Å². The normalized spacial score (nSPS) is 18.1. The van der Waals surface area contributed by atoms with Crippen molar-refractivity contribution in [1.82, 2.24) is 19.8 Å². The molecule has 0 radical (unpaired) electrons. The van der Waals surface area contributed by atoms with E-state index in [1.54, 1.807) is 18.1 Å². The Hall–Kier alpha value is -5.01. The van der Waals surface area contributed by atoms with Crippen molar-refractivity contribution in [2.24, 2.45) is 5.92 Å². The topological polar surface area (TPSA) is 101 Å². The molecule has 278 valence electrons. The number of hydrogen-bond donors (Lipinski definition) is 1. The van der Waals surface area contributed by atoms with E-state index in [1.165, 1.54) is 6.07 Å². The average Bonchev–Trinajstić information content (AvgIpc) is 3.89. The summed E-state index contributed by atoms with van der Waals surface area (Å²) in [7, 11) is 1.56. The quantitative estimate of drug-likeness (QED) is 0.126. The summed E-state index contributed by atoms with van der Waals surface area (Å²) in [6.45, 7) is 2.98. The van der Waals surface area contributed by atoms with Crippen LogP contribution in [-0.2, 0) is 17.9 Å². The SMILES string of the molecule is COc1nc(-c2cccc(-c3cccc(-c4nc5cc(CN6CCC[C@H]6C(=O)O)c(OC(F)F)cc5o4)c3C)c2C)ccc1CN1CCC(C(F)F)C1. The zero-order valence-electron chi connectivity index (χ0n) is 29.6. The van der Waals surface area contributed by atoms with Crippen LogP contribution in [0.25, 0.3) is 44.9 Å². The van der Waals surface area contributed by atoms with Gasteiger partial charge in [0.2, 0.25) is 18.2 Å². The molecule has 9 nitrogen and oxygen atoms in total. The lowest BCUT2D eigenvalue weighted by Crippen LogP contribution is -2.35. The van der Waals surface area contributed by atoms with E-state index in [9.17, 15) is 27.5 Å². The van der Waals surface area contributed by atoms with Gasteiger partial charge in [0.25, 0.3) is 0 Å². The summed E-state index contributed by atoms with van der Waals surface area (Å²) in [5.74, 6) is -0.891. The largest absolute Gasteiger partial charge is 0.481 e. The maximum Gasteiger partial charge on any atom is 0.387 e. The smallest absolute Gasteiger partial charge is 0.387 e. The zero-order valence-corrected chi connectivity index (χ0v) is 29.6. The minimum Gasteiger partial charge on any atom is -0.481 e. The van der Waals surface area contributed by atoms with Gasteiger partial charge in [-0.15, -0.1) is 0 Å². The maximum atomic E-state index is 13.5. The average molecular weight is 733 g/mol. The Labute approximate surface area is 304 Å². The third-order valence-corrected chi connectivity index (χ3v) is 10.5. The van der Waals surface area contributed by atoms with Gasteiger partial charge in [-0.3, -0.25) is 14.6 Å². The number of ether oxygens (including phenoxy) is 2. The van der Waals surface area contributed by atoms with Crippen LogP contribution < -0.4 is 9.47 Å². The summed E-state index contributed by atoms with van der Waals surface area (Å²) >= 11 is 0. The summed E-state index contributed by atoms with van der Waals surface area (Å²) in [6, 6.07) is 18.0. The zero-order chi connectivity index (χ0) is 37.4. The van der Waals surface area contributed by atoms with Gasteiger partial charge in [0.05, 0.1) is 12.8 Å². The van der Waals surface area contributed by atoms with Crippen molar-refractivity contribution in [2.45, 2.75) is 65.3 Å². The Morgan fingerprint density at radius 2 is 1.62 bits per heavy atom. The molecular weight excluding hydrogens is 692 g/mol.